The van der Waals surface area contributed by atoms with Gasteiger partial charge in [0.2, 0.25) is 0 Å². The van der Waals surface area contributed by atoms with E-state index in [1.165, 1.54) is 103 Å². The first-order valence-electron chi connectivity index (χ1n) is 19.4. The first kappa shape index (κ1) is 44.7. The van der Waals surface area contributed by atoms with E-state index >= 15 is 0 Å². The minimum Gasteiger partial charge on any atom is -0.393 e. The normalized spacial score (nSPS) is 13.8. The summed E-state index contributed by atoms with van der Waals surface area (Å²) < 4.78 is 11.2. The maximum atomic E-state index is 10.2. The molecule has 0 aromatic rings. The van der Waals surface area contributed by atoms with Crippen molar-refractivity contribution >= 4 is 0 Å². The fraction of sp³-hybridized carbons (Fsp3) is 1.00. The van der Waals surface area contributed by atoms with Crippen molar-refractivity contribution in [1.82, 2.24) is 16.0 Å². The summed E-state index contributed by atoms with van der Waals surface area (Å²) >= 11 is 0. The zero-order valence-corrected chi connectivity index (χ0v) is 30.0. The quantitative estimate of drug-likeness (QED) is 0.0421. The first-order valence-corrected chi connectivity index (χ1v) is 19.4. The fourth-order valence-corrected chi connectivity index (χ4v) is 5.64. The molecule has 8 nitrogen and oxygen atoms in total. The Hall–Kier alpha value is -0.320. The lowest BCUT2D eigenvalue weighted by Gasteiger charge is -2.12. The van der Waals surface area contributed by atoms with Gasteiger partial charge in [-0.2, -0.15) is 0 Å². The largest absolute Gasteiger partial charge is 0.393 e. The van der Waals surface area contributed by atoms with Crippen molar-refractivity contribution in [3.63, 3.8) is 0 Å². The molecule has 0 spiro atoms. The van der Waals surface area contributed by atoms with Crippen LogP contribution in [0.15, 0.2) is 0 Å². The third kappa shape index (κ3) is 38.0. The summed E-state index contributed by atoms with van der Waals surface area (Å²) in [6.45, 7) is 11.4. The van der Waals surface area contributed by atoms with Gasteiger partial charge in [0.15, 0.2) is 0 Å². The zero-order chi connectivity index (χ0) is 32.9. The number of hydrogen-bond acceptors (Lipinski definition) is 8. The molecule has 3 atom stereocenters. The van der Waals surface area contributed by atoms with Gasteiger partial charge in [-0.25, -0.2) is 0 Å². The molecule has 0 amide bonds. The van der Waals surface area contributed by atoms with Crippen LogP contribution in [0.1, 0.15) is 155 Å². The lowest BCUT2D eigenvalue weighted by Crippen LogP contribution is -2.31. The van der Waals surface area contributed by atoms with E-state index in [0.29, 0.717) is 39.5 Å². The van der Waals surface area contributed by atoms with Crippen LogP contribution in [0.2, 0.25) is 0 Å². The average molecular weight is 646 g/mol. The van der Waals surface area contributed by atoms with Gasteiger partial charge in [-0.15, -0.1) is 0 Å². The minimum atomic E-state index is -0.269. The summed E-state index contributed by atoms with van der Waals surface area (Å²) in [7, 11) is 0. The Morgan fingerprint density at radius 3 is 1.11 bits per heavy atom. The third-order valence-electron chi connectivity index (χ3n) is 8.54. The zero-order valence-electron chi connectivity index (χ0n) is 30.0. The van der Waals surface area contributed by atoms with Crippen LogP contribution in [0.4, 0.5) is 0 Å². The minimum absolute atomic E-state index is 0.0789. The topological polar surface area (TPSA) is 115 Å². The van der Waals surface area contributed by atoms with E-state index in [2.05, 4.69) is 29.8 Å². The van der Waals surface area contributed by atoms with Crippen molar-refractivity contribution in [3.8, 4) is 0 Å². The second-order valence-electron chi connectivity index (χ2n) is 13.2. The molecule has 0 aromatic heterocycles. The van der Waals surface area contributed by atoms with Crippen molar-refractivity contribution in [3.05, 3.63) is 0 Å². The summed E-state index contributed by atoms with van der Waals surface area (Å²) in [6, 6.07) is 0. The van der Waals surface area contributed by atoms with E-state index in [9.17, 15) is 15.3 Å². The van der Waals surface area contributed by atoms with E-state index in [-0.39, 0.29) is 18.3 Å². The van der Waals surface area contributed by atoms with E-state index in [0.717, 1.165) is 64.7 Å². The van der Waals surface area contributed by atoms with Crippen molar-refractivity contribution in [2.75, 3.05) is 65.7 Å². The van der Waals surface area contributed by atoms with E-state index in [4.69, 9.17) is 9.47 Å². The Bertz CT molecular complexity index is 546. The van der Waals surface area contributed by atoms with Crippen LogP contribution < -0.4 is 16.0 Å². The van der Waals surface area contributed by atoms with Crippen LogP contribution in [-0.4, -0.2) is 99.3 Å². The van der Waals surface area contributed by atoms with Crippen LogP contribution in [0, 0.1) is 0 Å². The molecule has 0 aromatic carbocycles. The fourth-order valence-electron chi connectivity index (χ4n) is 5.64. The highest BCUT2D eigenvalue weighted by molar-refractivity contribution is 4.61. The standard InChI is InChI=1S/C37H79N3O5/c1-3-5-6-7-8-12-15-18-22-35(41)23-19-16-13-10-9-11-14-17-20-24-37(43)34-40-28-32-45-30-26-38-25-29-44-31-27-39-33-36(42)21-4-2/h35-43H,3-34H2,1-2H3. The van der Waals surface area contributed by atoms with E-state index in [1.807, 2.05) is 0 Å². The summed E-state index contributed by atoms with van der Waals surface area (Å²) in [6.07, 6.45) is 26.0. The van der Waals surface area contributed by atoms with Gasteiger partial charge in [0.25, 0.3) is 0 Å². The maximum Gasteiger partial charge on any atom is 0.0664 e. The summed E-state index contributed by atoms with van der Waals surface area (Å²) in [5.41, 5.74) is 0. The molecule has 0 aliphatic heterocycles. The smallest absolute Gasteiger partial charge is 0.0664 e. The van der Waals surface area contributed by atoms with Crippen molar-refractivity contribution in [2.24, 2.45) is 0 Å². The lowest BCUT2D eigenvalue weighted by atomic mass is 10.0. The Morgan fingerprint density at radius 1 is 0.378 bits per heavy atom. The van der Waals surface area contributed by atoms with E-state index in [1.54, 1.807) is 0 Å². The predicted molar refractivity (Wildman–Crippen MR) is 191 cm³/mol. The number of aliphatic hydroxyl groups excluding tert-OH is 3. The second-order valence-corrected chi connectivity index (χ2v) is 13.2. The summed E-state index contributed by atoms with van der Waals surface area (Å²) in [5, 5.41) is 39.9. The Balaban J connectivity index is 3.23. The van der Waals surface area contributed by atoms with Gasteiger partial charge < -0.3 is 40.7 Å². The van der Waals surface area contributed by atoms with Crippen molar-refractivity contribution < 1.29 is 24.8 Å². The van der Waals surface area contributed by atoms with Crippen LogP contribution in [-0.2, 0) is 9.47 Å². The SMILES string of the molecule is CCCCCCCCCCC(O)CCCCCCCCCCCC(O)CNCCOCCNCCOCCNCC(O)CCC. The monoisotopic (exact) mass is 646 g/mol. The van der Waals surface area contributed by atoms with Crippen LogP contribution in [0.25, 0.3) is 0 Å². The lowest BCUT2D eigenvalue weighted by molar-refractivity contribution is 0.115. The predicted octanol–water partition coefficient (Wildman–Crippen LogP) is 6.49. The molecule has 45 heavy (non-hydrogen) atoms. The van der Waals surface area contributed by atoms with Gasteiger partial charge in [-0.3, -0.25) is 0 Å². The Labute approximate surface area is 279 Å². The second kappa shape index (κ2) is 38.1. The first-order chi connectivity index (χ1) is 22.1. The summed E-state index contributed by atoms with van der Waals surface area (Å²) in [4.78, 5) is 0. The molecule has 0 rings (SSSR count). The van der Waals surface area contributed by atoms with Crippen LogP contribution in [0.3, 0.4) is 0 Å². The maximum absolute atomic E-state index is 10.2. The number of aliphatic hydroxyl groups is 3. The van der Waals surface area contributed by atoms with Crippen molar-refractivity contribution in [2.45, 2.75) is 173 Å². The van der Waals surface area contributed by atoms with Gasteiger partial charge in [0.1, 0.15) is 0 Å². The molecule has 0 saturated heterocycles. The van der Waals surface area contributed by atoms with Crippen molar-refractivity contribution in [1.29, 1.82) is 0 Å². The molecular weight excluding hydrogens is 566 g/mol. The Morgan fingerprint density at radius 2 is 0.711 bits per heavy atom. The Kier molecular flexibility index (Phi) is 37.9. The molecule has 3 unspecified atom stereocenters. The number of unbranched alkanes of at least 4 members (excludes halogenated alkanes) is 15. The highest BCUT2D eigenvalue weighted by atomic mass is 16.5. The van der Waals surface area contributed by atoms with Crippen LogP contribution >= 0.6 is 0 Å². The molecule has 8 heteroatoms. The molecule has 0 aliphatic rings. The molecule has 6 N–H and O–H groups in total. The molecule has 0 radical (unpaired) electrons. The molecule has 0 heterocycles. The van der Waals surface area contributed by atoms with Gasteiger partial charge in [-0.1, -0.05) is 129 Å². The highest BCUT2D eigenvalue weighted by Gasteiger charge is 2.05. The average Bonchev–Trinajstić information content (AvgIpc) is 3.03. The molecular formula is C37H79N3O5. The van der Waals surface area contributed by atoms with Gasteiger partial charge >= 0.3 is 0 Å². The molecule has 0 bridgehead atoms. The highest BCUT2D eigenvalue weighted by Crippen LogP contribution is 2.15. The number of rotatable bonds is 39. The molecule has 272 valence electrons. The van der Waals surface area contributed by atoms with E-state index < -0.39 is 0 Å². The van der Waals surface area contributed by atoms with Gasteiger partial charge in [0.05, 0.1) is 44.7 Å². The number of nitrogens with one attached hydrogen (secondary N) is 3. The number of hydrogen-bond donors (Lipinski definition) is 6. The summed E-state index contributed by atoms with van der Waals surface area (Å²) in [5.74, 6) is 0. The molecule has 0 aliphatic carbocycles. The number of ether oxygens (including phenoxy) is 2. The molecule has 0 saturated carbocycles. The van der Waals surface area contributed by atoms with Gasteiger partial charge in [-0.05, 0) is 25.7 Å². The van der Waals surface area contributed by atoms with Crippen LogP contribution in [0.5, 0.6) is 0 Å². The molecule has 0 fully saturated rings. The van der Waals surface area contributed by atoms with Gasteiger partial charge in [0, 0.05) is 39.3 Å². The third-order valence-corrected chi connectivity index (χ3v) is 8.54.